The lowest BCUT2D eigenvalue weighted by atomic mass is 9.99. The molecule has 2 heterocycles. The summed E-state index contributed by atoms with van der Waals surface area (Å²) in [6.45, 7) is 4.20. The number of rotatable bonds is 40. The lowest BCUT2D eigenvalue weighted by Gasteiger charge is -2.21. The number of aliphatic hydroxyl groups excluding tert-OH is 2. The van der Waals surface area contributed by atoms with Crippen molar-refractivity contribution in [3.05, 3.63) is 71.4 Å². The van der Waals surface area contributed by atoms with Crippen LogP contribution in [0.2, 0.25) is 0 Å². The van der Waals surface area contributed by atoms with Gasteiger partial charge in [-0.2, -0.15) is 9.29 Å². The fourth-order valence-electron chi connectivity index (χ4n) is 7.12. The molecule has 6 N–H and O–H groups in total. The summed E-state index contributed by atoms with van der Waals surface area (Å²) in [6.07, 6.45) is 27.8. The number of carbonyl (C=O) groups excluding carboxylic acids is 3. The Kier molecular flexibility index (Phi) is 32.4. The second-order valence-corrected chi connectivity index (χ2v) is 20.6. The second kappa shape index (κ2) is 36.3. The first-order chi connectivity index (χ1) is 33.5. The molecule has 21 heteroatoms. The fraction of sp³-hybridized carbons (Fsp3) is 0.694. The van der Waals surface area contributed by atoms with E-state index in [4.69, 9.17) is 29.0 Å². The van der Waals surface area contributed by atoms with Gasteiger partial charge in [-0.15, -0.1) is 0 Å². The van der Waals surface area contributed by atoms with Crippen LogP contribution in [0.1, 0.15) is 168 Å². The SMILES string of the molecule is CCCCC/C=C\C/C=C\C/C=C\C=C\C(=O)CCCC(=O)O[C@H](COC(=O)CCCCCCCCCCCCC(C)CC)COP(=O)(O)OP(=O)(O)OC[C@H]1O[C@@H](n2ccc(N)nc2=O)[C@H](O)[C@@H]1O. The molecule has 0 bridgehead atoms. The molecule has 1 aliphatic heterocycles. The number of allylic oxidation sites excluding steroid dienone is 8. The predicted molar refractivity (Wildman–Crippen MR) is 266 cm³/mol. The van der Waals surface area contributed by atoms with Gasteiger partial charge in [0.25, 0.3) is 0 Å². The summed E-state index contributed by atoms with van der Waals surface area (Å²) in [7, 11) is -11.0. The molecule has 3 unspecified atom stereocenters. The average Bonchev–Trinajstić information content (AvgIpc) is 3.59. The molecule has 0 aromatic carbocycles. The van der Waals surface area contributed by atoms with Gasteiger partial charge in [-0.1, -0.05) is 147 Å². The quantitative estimate of drug-likeness (QED) is 0.0102. The van der Waals surface area contributed by atoms with Crippen molar-refractivity contribution >= 4 is 39.2 Å². The molecule has 1 aromatic rings. The summed E-state index contributed by atoms with van der Waals surface area (Å²) in [5.41, 5.74) is 4.56. The average molecular weight is 1030 g/mol. The zero-order valence-electron chi connectivity index (χ0n) is 41.5. The van der Waals surface area contributed by atoms with Gasteiger partial charge < -0.3 is 39.9 Å². The number of nitrogens with two attached hydrogens (primary N) is 1. The van der Waals surface area contributed by atoms with E-state index in [0.717, 1.165) is 55.2 Å². The first-order valence-corrected chi connectivity index (χ1v) is 28.0. The van der Waals surface area contributed by atoms with Crippen LogP contribution in [0.3, 0.4) is 0 Å². The van der Waals surface area contributed by atoms with Crippen LogP contribution in [0.5, 0.6) is 0 Å². The molecule has 1 fully saturated rings. The zero-order chi connectivity index (χ0) is 51.6. The summed E-state index contributed by atoms with van der Waals surface area (Å²) in [5, 5.41) is 20.9. The Bertz CT molecular complexity index is 1940. The van der Waals surface area contributed by atoms with Crippen molar-refractivity contribution in [1.29, 1.82) is 0 Å². The smallest absolute Gasteiger partial charge is 0.462 e. The van der Waals surface area contributed by atoms with Crippen molar-refractivity contribution in [2.45, 2.75) is 193 Å². The third-order valence-electron chi connectivity index (χ3n) is 11.4. The first kappa shape index (κ1) is 62.5. The molecule has 19 nitrogen and oxygen atoms in total. The van der Waals surface area contributed by atoms with E-state index in [1.54, 1.807) is 12.2 Å². The number of ether oxygens (including phenoxy) is 3. The van der Waals surface area contributed by atoms with Crippen molar-refractivity contribution in [1.82, 2.24) is 9.55 Å². The molecule has 1 aromatic heterocycles. The number of unbranched alkanes of at least 4 members (excludes halogenated alkanes) is 12. The van der Waals surface area contributed by atoms with Crippen molar-refractivity contribution < 1.29 is 71.1 Å². The van der Waals surface area contributed by atoms with Crippen LogP contribution in [0.25, 0.3) is 0 Å². The number of phosphoric acid groups is 2. The van der Waals surface area contributed by atoms with E-state index in [2.05, 4.69) is 48.3 Å². The molecule has 0 radical (unpaired) electrons. The van der Waals surface area contributed by atoms with Gasteiger partial charge in [0, 0.05) is 25.5 Å². The Labute approximate surface area is 414 Å². The topological polar surface area (TPSA) is 283 Å². The van der Waals surface area contributed by atoms with Crippen molar-refractivity contribution in [2.24, 2.45) is 5.92 Å². The van der Waals surface area contributed by atoms with E-state index in [1.165, 1.54) is 76.4 Å². The van der Waals surface area contributed by atoms with Gasteiger partial charge in [0.05, 0.1) is 13.2 Å². The number of phosphoric ester groups is 2. The highest BCUT2D eigenvalue weighted by Crippen LogP contribution is 2.60. The highest BCUT2D eigenvalue weighted by atomic mass is 31.3. The van der Waals surface area contributed by atoms with Gasteiger partial charge in [0.15, 0.2) is 18.1 Å². The molecule has 0 amide bonds. The Morgan fingerprint density at radius 3 is 2.09 bits per heavy atom. The van der Waals surface area contributed by atoms with E-state index in [-0.39, 0.29) is 37.3 Å². The van der Waals surface area contributed by atoms with Crippen LogP contribution in [0, 0.1) is 5.92 Å². The van der Waals surface area contributed by atoms with Crippen LogP contribution in [0.15, 0.2) is 65.7 Å². The number of aromatic nitrogens is 2. The number of anilines is 1. The maximum Gasteiger partial charge on any atom is 0.481 e. The minimum Gasteiger partial charge on any atom is -0.462 e. The normalized spacial score (nSPS) is 20.0. The summed E-state index contributed by atoms with van der Waals surface area (Å²) in [4.78, 5) is 74.2. The van der Waals surface area contributed by atoms with Crippen LogP contribution in [0.4, 0.5) is 5.82 Å². The van der Waals surface area contributed by atoms with Gasteiger partial charge in [0.1, 0.15) is 30.7 Å². The molecule has 0 aliphatic carbocycles. The van der Waals surface area contributed by atoms with Crippen molar-refractivity contribution in [3.8, 4) is 0 Å². The van der Waals surface area contributed by atoms with Gasteiger partial charge in [-0.25, -0.2) is 13.9 Å². The van der Waals surface area contributed by atoms with Gasteiger partial charge >= 0.3 is 33.3 Å². The van der Waals surface area contributed by atoms with E-state index in [9.17, 15) is 48.3 Å². The van der Waals surface area contributed by atoms with Crippen molar-refractivity contribution in [2.75, 3.05) is 25.6 Å². The number of hydrogen-bond donors (Lipinski definition) is 5. The number of nitrogens with zero attached hydrogens (tertiary/aromatic N) is 2. The van der Waals surface area contributed by atoms with Crippen LogP contribution in [-0.2, 0) is 51.1 Å². The number of nitrogen functional groups attached to an aromatic ring is 1. The largest absolute Gasteiger partial charge is 0.481 e. The number of aliphatic hydroxyl groups is 2. The molecule has 2 rings (SSSR count). The number of carbonyl (C=O) groups is 3. The third kappa shape index (κ3) is 29.0. The highest BCUT2D eigenvalue weighted by Gasteiger charge is 2.46. The maximum atomic E-state index is 12.8. The molecule has 70 heavy (non-hydrogen) atoms. The number of ketones is 1. The summed E-state index contributed by atoms with van der Waals surface area (Å²) < 4.78 is 56.5. The fourth-order valence-corrected chi connectivity index (χ4v) is 9.23. The maximum absolute atomic E-state index is 12.8. The summed E-state index contributed by atoms with van der Waals surface area (Å²) >= 11 is 0. The number of esters is 2. The molecule has 398 valence electrons. The Morgan fingerprint density at radius 1 is 0.786 bits per heavy atom. The standard InChI is InChI=1S/C49H81N3O16P2/c1-4-6-7-8-9-10-11-12-13-17-20-23-26-30-40(53)31-28-33-45(55)66-41(36-63-44(54)32-27-24-21-18-15-14-16-19-22-25-29-39(3)5-2)37-64-69(59,60)68-70(61,62)65-38-42-46(56)47(57)48(67-42)52-35-34-43(50)51-49(52)58/h9-10,12-13,20,23,26,30,34-35,39,41-42,46-48,56-57H,4-8,11,14-19,21-22,24-25,27-29,31-33,36-38H2,1-3H3,(H,59,60)(H,61,62)(H2,50,51,58)/b10-9-,13-12-,23-20-,30-26+/t39?,41-,42-,46-,47-,48-/m1/s1. The second-order valence-electron chi connectivity index (χ2n) is 17.6. The van der Waals surface area contributed by atoms with Gasteiger partial charge in [0.2, 0.25) is 0 Å². The Balaban J connectivity index is 1.87. The molecule has 1 saturated heterocycles. The van der Waals surface area contributed by atoms with E-state index < -0.39 is 83.7 Å². The Morgan fingerprint density at radius 2 is 1.41 bits per heavy atom. The lowest BCUT2D eigenvalue weighted by molar-refractivity contribution is -0.161. The highest BCUT2D eigenvalue weighted by molar-refractivity contribution is 7.61. The monoisotopic (exact) mass is 1030 g/mol. The minimum atomic E-state index is -5.48. The number of hydrogen-bond acceptors (Lipinski definition) is 16. The van der Waals surface area contributed by atoms with E-state index in [1.807, 2.05) is 12.2 Å². The van der Waals surface area contributed by atoms with Crippen LogP contribution < -0.4 is 11.4 Å². The molecule has 8 atom stereocenters. The zero-order valence-corrected chi connectivity index (χ0v) is 43.3. The third-order valence-corrected chi connectivity index (χ3v) is 14.0. The Hall–Kier alpha value is -3.61. The molecule has 0 saturated carbocycles. The predicted octanol–water partition coefficient (Wildman–Crippen LogP) is 9.20. The van der Waals surface area contributed by atoms with Crippen LogP contribution in [-0.4, -0.2) is 91.5 Å². The first-order valence-electron chi connectivity index (χ1n) is 25.0. The van der Waals surface area contributed by atoms with Crippen LogP contribution >= 0.6 is 15.6 Å². The molecule has 1 aliphatic rings. The minimum absolute atomic E-state index is 0.0176. The van der Waals surface area contributed by atoms with E-state index >= 15 is 0 Å². The lowest BCUT2D eigenvalue weighted by Crippen LogP contribution is -2.36. The molecule has 0 spiro atoms. The summed E-state index contributed by atoms with van der Waals surface area (Å²) in [5.74, 6) is -1.00. The van der Waals surface area contributed by atoms with Gasteiger partial charge in [-0.05, 0) is 56.6 Å². The van der Waals surface area contributed by atoms with Gasteiger partial charge in [-0.3, -0.25) is 28.0 Å². The molecular formula is C49H81N3O16P2. The van der Waals surface area contributed by atoms with Crippen molar-refractivity contribution in [3.63, 3.8) is 0 Å². The molecular weight excluding hydrogens is 948 g/mol. The summed E-state index contributed by atoms with van der Waals surface area (Å²) in [6, 6.07) is 1.23. The van der Waals surface area contributed by atoms with E-state index in [0.29, 0.717) is 12.8 Å².